The molecule has 0 aromatic carbocycles. The molecule has 2 radical (unpaired) electrons. The van der Waals surface area contributed by atoms with E-state index < -0.39 is 0 Å². The molecule has 5 heteroatoms. The summed E-state index contributed by atoms with van der Waals surface area (Å²) < 4.78 is 1.01. The monoisotopic (exact) mass is 374 g/mol. The van der Waals surface area contributed by atoms with Gasteiger partial charge in [0.2, 0.25) is 0 Å². The van der Waals surface area contributed by atoms with Gasteiger partial charge in [0.25, 0.3) is 6.29 Å². The second kappa shape index (κ2) is 6.32. The van der Waals surface area contributed by atoms with Gasteiger partial charge in [-0.1, -0.05) is 0 Å². The Kier molecular flexibility index (Phi) is 7.04. The van der Waals surface area contributed by atoms with Gasteiger partial charge in [0.05, 0.1) is 7.05 Å². The van der Waals surface area contributed by atoms with Gasteiger partial charge < -0.3 is 20.8 Å². The molecule has 0 saturated carbocycles. The van der Waals surface area contributed by atoms with E-state index in [2.05, 4.69) is 38.9 Å². The number of rotatable bonds is 2. The fourth-order valence-electron chi connectivity index (χ4n) is 2.69. The molecule has 2 fully saturated rings. The van der Waals surface area contributed by atoms with Crippen molar-refractivity contribution in [2.45, 2.75) is 19.4 Å². The summed E-state index contributed by atoms with van der Waals surface area (Å²) in [5, 5.41) is 2.42. The van der Waals surface area contributed by atoms with Crippen LogP contribution in [-0.2, 0) is 65.4 Å². The first-order valence-electron chi connectivity index (χ1n) is 5.47. The largest absolute Gasteiger partial charge is 0.442 e. The normalized spacial score (nSPS) is 33.8. The molecule has 2 heterocycles. The molecule has 2 rings (SSSR count). The van der Waals surface area contributed by atoms with Crippen molar-refractivity contribution in [2.24, 2.45) is 0 Å². The van der Waals surface area contributed by atoms with E-state index in [4.69, 9.17) is 0 Å². The van der Waals surface area contributed by atoms with E-state index in [1.807, 2.05) is 0 Å². The number of quaternary nitrogens is 3. The molecule has 0 aromatic heterocycles. The van der Waals surface area contributed by atoms with Crippen LogP contribution in [-0.4, -0.2) is 43.2 Å². The van der Waals surface area contributed by atoms with Gasteiger partial charge in [-0.05, 0) is 19.4 Å². The molecule has 86 valence electrons. The fraction of sp³-hybridized carbons (Fsp3) is 0.727. The van der Waals surface area contributed by atoms with Crippen molar-refractivity contribution in [3.8, 4) is 0 Å². The number of likely N-dealkylation sites (N-methyl/N-ethyl adjacent to an activating group) is 1. The number of hydrogen-bond acceptors (Lipinski definition) is 0. The molecule has 2 saturated heterocycles. The number of hydrogen-bond donors (Lipinski definition) is 2. The minimum absolute atomic E-state index is 0. The van der Waals surface area contributed by atoms with Gasteiger partial charge in [0, 0.05) is 65.4 Å². The Balaban J connectivity index is 0.00000112. The van der Waals surface area contributed by atoms with E-state index >= 15 is 0 Å². The molecule has 3 N–H and O–H groups in total. The summed E-state index contributed by atoms with van der Waals surface area (Å²) in [6.45, 7) is 13.4. The van der Waals surface area contributed by atoms with E-state index in [-0.39, 0.29) is 71.0 Å². The summed E-state index contributed by atoms with van der Waals surface area (Å²) in [6, 6.07) is 0. The van der Waals surface area contributed by atoms with Gasteiger partial charge >= 0.3 is 0 Å². The van der Waals surface area contributed by atoms with Crippen molar-refractivity contribution in [1.29, 1.82) is 0 Å². The predicted octanol–water partition coefficient (Wildman–Crippen LogP) is -1.88. The molecule has 0 bridgehead atoms. The first-order chi connectivity index (χ1) is 6.51. The third-order valence-electron chi connectivity index (χ3n) is 4.20. The van der Waals surface area contributed by atoms with Crippen molar-refractivity contribution in [3.63, 3.8) is 0 Å². The van der Waals surface area contributed by atoms with Gasteiger partial charge in [-0.3, -0.25) is 6.58 Å². The number of nitrogens with two attached hydrogens (primary N) is 1. The van der Waals surface area contributed by atoms with E-state index in [0.717, 1.165) is 4.48 Å². The molecule has 0 aromatic rings. The Hall–Kier alpha value is 1.83. The quantitative estimate of drug-likeness (QED) is 0.417. The first-order valence-corrected chi connectivity index (χ1v) is 5.47. The van der Waals surface area contributed by atoms with Gasteiger partial charge in [-0.2, -0.15) is 0 Å². The van der Waals surface area contributed by atoms with E-state index in [1.54, 1.807) is 11.2 Å². The van der Waals surface area contributed by atoms with E-state index in [0.29, 0.717) is 0 Å². The summed E-state index contributed by atoms with van der Waals surface area (Å²) in [5.74, 6) is 0. The molecule has 2 aliphatic heterocycles. The molecular formula is C11H22N3Y2+. The maximum Gasteiger partial charge on any atom is 0.260 e. The fourth-order valence-corrected chi connectivity index (χ4v) is 2.69. The molecule has 2 aliphatic rings. The summed E-state index contributed by atoms with van der Waals surface area (Å²) >= 11 is 0. The summed E-state index contributed by atoms with van der Waals surface area (Å²) in [5.41, 5.74) is 0.0396. The second-order valence-electron chi connectivity index (χ2n) is 5.13. The van der Waals surface area contributed by atoms with Crippen LogP contribution in [0.1, 0.15) is 13.8 Å². The molecule has 2 unspecified atom stereocenters. The second-order valence-corrected chi connectivity index (χ2v) is 5.13. The maximum atomic E-state index is 3.86. The van der Waals surface area contributed by atoms with Crippen LogP contribution in [0, 0.1) is 12.4 Å². The van der Waals surface area contributed by atoms with Gasteiger partial charge in [-0.25, -0.2) is 0 Å². The SMILES string of the molecule is C=[C-]C(C)(C)[N+]1(C)CC[NH+]2CC[NH2+][C-]21.[Y].[Y]. The van der Waals surface area contributed by atoms with Crippen molar-refractivity contribution in [3.05, 3.63) is 18.9 Å². The van der Waals surface area contributed by atoms with Crippen LogP contribution in [0.2, 0.25) is 0 Å². The standard InChI is InChI=1S/C11H22N3.2Y/c1-5-11(2,3)14(4)9-8-13-7-6-12-10(13)14;;/h13H,1,6-9,12H2,2-4H3;;/q+1;;. The van der Waals surface area contributed by atoms with Crippen LogP contribution >= 0.6 is 0 Å². The molecule has 0 aliphatic carbocycles. The van der Waals surface area contributed by atoms with E-state index in [1.165, 1.54) is 26.2 Å². The number of fused-ring (bicyclic) bond motifs is 1. The zero-order chi connectivity index (χ0) is 10.4. The average molecular weight is 374 g/mol. The van der Waals surface area contributed by atoms with Crippen LogP contribution in [0.25, 0.3) is 0 Å². The van der Waals surface area contributed by atoms with Crippen molar-refractivity contribution >= 4 is 0 Å². The Labute approximate surface area is 150 Å². The minimum Gasteiger partial charge on any atom is -0.442 e. The summed E-state index contributed by atoms with van der Waals surface area (Å²) in [4.78, 5) is 1.68. The van der Waals surface area contributed by atoms with Gasteiger partial charge in [0.1, 0.15) is 26.2 Å². The number of nitrogens with zero attached hydrogens (tertiary/aromatic N) is 1. The van der Waals surface area contributed by atoms with Crippen LogP contribution in [0.5, 0.6) is 0 Å². The maximum absolute atomic E-state index is 3.86. The van der Waals surface area contributed by atoms with Crippen molar-refractivity contribution in [1.82, 2.24) is 0 Å². The third kappa shape index (κ3) is 2.71. The van der Waals surface area contributed by atoms with Gasteiger partial charge in [-0.15, -0.1) is 0 Å². The first kappa shape index (κ1) is 17.8. The molecule has 16 heavy (non-hydrogen) atoms. The van der Waals surface area contributed by atoms with Gasteiger partial charge in [0.15, 0.2) is 0 Å². The molecule has 3 nitrogen and oxygen atoms in total. The zero-order valence-electron chi connectivity index (χ0n) is 10.7. The van der Waals surface area contributed by atoms with Crippen molar-refractivity contribution < 1.29 is 80.1 Å². The molecule has 2 atom stereocenters. The third-order valence-corrected chi connectivity index (χ3v) is 4.20. The number of nitrogens with one attached hydrogen (secondary N) is 1. The van der Waals surface area contributed by atoms with Crippen LogP contribution in [0.3, 0.4) is 0 Å². The topological polar surface area (TPSA) is 21.1 Å². The average Bonchev–Trinajstić information content (AvgIpc) is 2.70. The molecular weight excluding hydrogens is 352 g/mol. The molecule has 0 spiro atoms. The predicted molar refractivity (Wildman–Crippen MR) is 54.7 cm³/mol. The Bertz CT molecular complexity index is 258. The smallest absolute Gasteiger partial charge is 0.260 e. The Morgan fingerprint density at radius 2 is 2.00 bits per heavy atom. The van der Waals surface area contributed by atoms with Crippen LogP contribution in [0.4, 0.5) is 0 Å². The van der Waals surface area contributed by atoms with E-state index in [9.17, 15) is 0 Å². The molecule has 0 amide bonds. The Morgan fingerprint density at radius 3 is 2.56 bits per heavy atom. The Morgan fingerprint density at radius 1 is 1.38 bits per heavy atom. The van der Waals surface area contributed by atoms with Crippen LogP contribution < -0.4 is 10.2 Å². The summed E-state index contributed by atoms with van der Waals surface area (Å²) in [7, 11) is 2.32. The van der Waals surface area contributed by atoms with Crippen LogP contribution in [0.15, 0.2) is 6.58 Å². The zero-order valence-corrected chi connectivity index (χ0v) is 16.4. The summed E-state index contributed by atoms with van der Waals surface area (Å²) in [6.07, 6.45) is 4.77. The van der Waals surface area contributed by atoms with Crippen molar-refractivity contribution in [2.75, 3.05) is 33.2 Å². The minimum atomic E-state index is 0.